The highest BCUT2D eigenvalue weighted by atomic mass is 32.1. The highest BCUT2D eigenvalue weighted by Crippen LogP contribution is 2.47. The van der Waals surface area contributed by atoms with E-state index in [1.54, 1.807) is 0 Å². The molecule has 0 atom stereocenters. The molecule has 2 aliphatic rings. The number of aromatic nitrogens is 1. The van der Waals surface area contributed by atoms with Crippen LogP contribution in [0.25, 0.3) is 11.3 Å². The third-order valence-corrected chi connectivity index (χ3v) is 9.14. The third kappa shape index (κ3) is 6.58. The molecule has 1 aliphatic heterocycles. The summed E-state index contributed by atoms with van der Waals surface area (Å²) in [5.74, 6) is 0.488. The average molecular weight is 511 g/mol. The van der Waals surface area contributed by atoms with Crippen LogP contribution in [0.1, 0.15) is 115 Å². The maximum Gasteiger partial charge on any atom is 0.306 e. The normalized spacial score (nSPS) is 20.2. The van der Waals surface area contributed by atoms with Gasteiger partial charge in [0.05, 0.1) is 10.7 Å². The molecule has 36 heavy (non-hydrogen) atoms. The number of carbonyl (C=O) groups excluding carboxylic acids is 1. The van der Waals surface area contributed by atoms with Gasteiger partial charge in [-0.2, -0.15) is 0 Å². The lowest BCUT2D eigenvalue weighted by Crippen LogP contribution is -2.33. The van der Waals surface area contributed by atoms with Crippen molar-refractivity contribution in [2.24, 2.45) is 0 Å². The van der Waals surface area contributed by atoms with Crippen LogP contribution in [0.4, 0.5) is 0 Å². The van der Waals surface area contributed by atoms with Crippen LogP contribution in [-0.2, 0) is 20.4 Å². The summed E-state index contributed by atoms with van der Waals surface area (Å²) in [4.78, 5) is 19.6. The smallest absolute Gasteiger partial charge is 0.306 e. The Morgan fingerprint density at radius 1 is 1.06 bits per heavy atom. The fourth-order valence-corrected chi connectivity index (χ4v) is 6.76. The molecular weight excluding hydrogens is 464 g/mol. The first-order valence-corrected chi connectivity index (χ1v) is 14.8. The number of esters is 1. The number of hydrogen-bond donors (Lipinski definition) is 0. The Labute approximate surface area is 222 Å². The lowest BCUT2D eigenvalue weighted by molar-refractivity contribution is -0.154. The molecule has 1 aromatic carbocycles. The fourth-order valence-electron chi connectivity index (χ4n) is 5.76. The number of likely N-dealkylation sites (tertiary alicyclic amines) is 1. The number of benzene rings is 1. The molecule has 1 saturated heterocycles. The van der Waals surface area contributed by atoms with Crippen LogP contribution in [0.15, 0.2) is 23.6 Å². The number of ether oxygens (including phenoxy) is 1. The van der Waals surface area contributed by atoms with Gasteiger partial charge >= 0.3 is 5.97 Å². The van der Waals surface area contributed by atoms with Gasteiger partial charge in [0.25, 0.3) is 0 Å². The van der Waals surface area contributed by atoms with Crippen LogP contribution >= 0.6 is 11.3 Å². The van der Waals surface area contributed by atoms with E-state index in [2.05, 4.69) is 56.2 Å². The fraction of sp³-hybridized carbons (Fsp3) is 0.677. The summed E-state index contributed by atoms with van der Waals surface area (Å²) in [6.07, 6.45) is 7.30. The summed E-state index contributed by atoms with van der Waals surface area (Å²) in [7, 11) is 0. The number of unbranched alkanes of at least 4 members (excludes halogenated alkanes) is 1. The minimum Gasteiger partial charge on any atom is -0.460 e. The zero-order valence-corrected chi connectivity index (χ0v) is 24.4. The zero-order chi connectivity index (χ0) is 26.1. The van der Waals surface area contributed by atoms with E-state index >= 15 is 0 Å². The van der Waals surface area contributed by atoms with E-state index in [1.165, 1.54) is 47.4 Å². The van der Waals surface area contributed by atoms with E-state index < -0.39 is 0 Å². The molecule has 4 rings (SSSR count). The average Bonchev–Trinajstić information content (AvgIpc) is 3.29. The van der Waals surface area contributed by atoms with Gasteiger partial charge in [0.1, 0.15) is 5.60 Å². The Balaban J connectivity index is 1.30. The monoisotopic (exact) mass is 510 g/mol. The number of hydrogen-bond acceptors (Lipinski definition) is 5. The molecule has 4 nitrogen and oxygen atoms in total. The van der Waals surface area contributed by atoms with Crippen molar-refractivity contribution in [2.45, 2.75) is 116 Å². The van der Waals surface area contributed by atoms with Gasteiger partial charge in [-0.25, -0.2) is 4.98 Å². The second kappa shape index (κ2) is 10.6. The first kappa shape index (κ1) is 27.3. The summed E-state index contributed by atoms with van der Waals surface area (Å²) in [5.41, 5.74) is 5.51. The first-order valence-electron chi connectivity index (χ1n) is 13.9. The van der Waals surface area contributed by atoms with Crippen LogP contribution in [0, 0.1) is 0 Å². The second-order valence-corrected chi connectivity index (χ2v) is 14.1. The maximum absolute atomic E-state index is 11.9. The topological polar surface area (TPSA) is 42.4 Å². The van der Waals surface area contributed by atoms with Gasteiger partial charge in [-0.15, -0.1) is 11.3 Å². The van der Waals surface area contributed by atoms with Gasteiger partial charge in [-0.3, -0.25) is 4.79 Å². The lowest BCUT2D eigenvalue weighted by atomic mass is 9.63. The van der Waals surface area contributed by atoms with E-state index in [1.807, 2.05) is 32.1 Å². The van der Waals surface area contributed by atoms with Crippen molar-refractivity contribution in [3.8, 4) is 11.3 Å². The van der Waals surface area contributed by atoms with Crippen molar-refractivity contribution in [1.29, 1.82) is 0 Å². The largest absolute Gasteiger partial charge is 0.460 e. The third-order valence-electron chi connectivity index (χ3n) is 8.13. The number of thiazole rings is 1. The quantitative estimate of drug-likeness (QED) is 0.281. The molecule has 2 heterocycles. The number of nitrogens with zero attached hydrogens (tertiary/aromatic N) is 2. The highest BCUT2D eigenvalue weighted by molar-refractivity contribution is 7.10. The first-order chi connectivity index (χ1) is 16.8. The van der Waals surface area contributed by atoms with Gasteiger partial charge < -0.3 is 9.64 Å². The van der Waals surface area contributed by atoms with Crippen molar-refractivity contribution in [1.82, 2.24) is 9.88 Å². The van der Waals surface area contributed by atoms with Crippen molar-refractivity contribution in [3.63, 3.8) is 0 Å². The predicted octanol–water partition coefficient (Wildman–Crippen LogP) is 7.85. The molecule has 1 aromatic heterocycles. The van der Waals surface area contributed by atoms with Gasteiger partial charge in [0.2, 0.25) is 0 Å². The summed E-state index contributed by atoms with van der Waals surface area (Å²) >= 11 is 1.84. The SMILES string of the molecule is CC(C)(C)OC(=O)CCCCN1CCC(c2nc(-c3ccc4c(c3)C(C)(C)CCC4(C)C)cs2)CC1. The molecule has 0 radical (unpaired) electrons. The number of fused-ring (bicyclic) bond motifs is 1. The molecule has 5 heteroatoms. The number of rotatable bonds is 7. The van der Waals surface area contributed by atoms with E-state index in [9.17, 15) is 4.79 Å². The van der Waals surface area contributed by atoms with Crippen LogP contribution in [0.5, 0.6) is 0 Å². The van der Waals surface area contributed by atoms with Gasteiger partial charge in [0, 0.05) is 23.3 Å². The van der Waals surface area contributed by atoms with Crippen LogP contribution in [0.2, 0.25) is 0 Å². The summed E-state index contributed by atoms with van der Waals surface area (Å²) in [6.45, 7) is 18.6. The standard InChI is InChI=1S/C31H46N2O2S/c1-29(2,3)35-27(34)10-8-9-17-33-18-13-22(14-19-33)28-32-26(21-36-28)23-11-12-24-25(20-23)31(6,7)16-15-30(24,4)5/h11-12,20-22H,8-10,13-19H2,1-7H3. The Bertz CT molecular complexity index is 1050. The Kier molecular flexibility index (Phi) is 8.02. The predicted molar refractivity (Wildman–Crippen MR) is 151 cm³/mol. The van der Waals surface area contributed by atoms with E-state index in [0.29, 0.717) is 12.3 Å². The molecule has 0 unspecified atom stereocenters. The molecule has 1 aliphatic carbocycles. The minimum atomic E-state index is -0.387. The lowest BCUT2D eigenvalue weighted by Gasteiger charge is -2.42. The van der Waals surface area contributed by atoms with Gasteiger partial charge in [-0.05, 0) is 107 Å². The van der Waals surface area contributed by atoms with E-state index in [-0.39, 0.29) is 22.4 Å². The molecule has 0 N–H and O–H groups in total. The summed E-state index contributed by atoms with van der Waals surface area (Å²) < 4.78 is 5.41. The number of carbonyl (C=O) groups is 1. The van der Waals surface area contributed by atoms with Crippen molar-refractivity contribution < 1.29 is 9.53 Å². The van der Waals surface area contributed by atoms with Crippen LogP contribution in [0.3, 0.4) is 0 Å². The zero-order valence-electron chi connectivity index (χ0n) is 23.6. The van der Waals surface area contributed by atoms with Gasteiger partial charge in [-0.1, -0.05) is 39.8 Å². The Morgan fingerprint density at radius 2 is 1.72 bits per heavy atom. The van der Waals surface area contributed by atoms with Crippen molar-refractivity contribution in [2.75, 3.05) is 19.6 Å². The summed E-state index contributed by atoms with van der Waals surface area (Å²) in [6, 6.07) is 7.08. The second-order valence-electron chi connectivity index (χ2n) is 13.3. The molecule has 1 fully saturated rings. The molecule has 0 amide bonds. The Hall–Kier alpha value is -1.72. The van der Waals surface area contributed by atoms with Crippen molar-refractivity contribution in [3.05, 3.63) is 39.7 Å². The van der Waals surface area contributed by atoms with Crippen molar-refractivity contribution >= 4 is 17.3 Å². The molecule has 0 bridgehead atoms. The molecule has 0 saturated carbocycles. The Morgan fingerprint density at radius 3 is 2.39 bits per heavy atom. The van der Waals surface area contributed by atoms with E-state index in [0.717, 1.165) is 38.2 Å². The molecule has 2 aromatic rings. The maximum atomic E-state index is 11.9. The van der Waals surface area contributed by atoms with Gasteiger partial charge in [0.15, 0.2) is 0 Å². The minimum absolute atomic E-state index is 0.0769. The molecule has 0 spiro atoms. The number of piperidine rings is 1. The molecular formula is C31H46N2O2S. The highest BCUT2D eigenvalue weighted by Gasteiger charge is 2.37. The van der Waals surface area contributed by atoms with E-state index in [4.69, 9.17) is 9.72 Å². The van der Waals surface area contributed by atoms with Crippen LogP contribution < -0.4 is 0 Å². The molecule has 198 valence electrons. The van der Waals surface area contributed by atoms with Crippen LogP contribution in [-0.4, -0.2) is 41.1 Å². The summed E-state index contributed by atoms with van der Waals surface area (Å²) in [5, 5.41) is 3.56.